The zero-order valence-electron chi connectivity index (χ0n) is 21.0. The summed E-state index contributed by atoms with van der Waals surface area (Å²) < 4.78 is 6.13. The molecule has 1 nitrogen and oxygen atoms in total. The van der Waals surface area contributed by atoms with Crippen LogP contribution in [0.25, 0.3) is 0 Å². The molecule has 0 saturated carbocycles. The molecule has 1 heterocycles. The van der Waals surface area contributed by atoms with Crippen molar-refractivity contribution in [3.8, 4) is 0 Å². The first-order valence-corrected chi connectivity index (χ1v) is 17.6. The molecule has 2 atom stereocenters. The van der Waals surface area contributed by atoms with E-state index in [2.05, 4.69) is 85.4 Å². The predicted molar refractivity (Wildman–Crippen MR) is 145 cm³/mol. The van der Waals surface area contributed by atoms with Crippen molar-refractivity contribution in [1.82, 2.24) is 0 Å². The van der Waals surface area contributed by atoms with Crippen molar-refractivity contribution in [3.63, 3.8) is 0 Å². The average molecular weight is 471 g/mol. The molecule has 1 aliphatic heterocycles. The summed E-state index contributed by atoms with van der Waals surface area (Å²) >= 11 is 0. The Labute approximate surface area is 194 Å². The van der Waals surface area contributed by atoms with E-state index in [1.807, 2.05) is 0 Å². The number of benzene rings is 2. The number of hydrogen-bond donors (Lipinski definition) is 0. The highest BCUT2D eigenvalue weighted by Crippen LogP contribution is 2.71. The van der Waals surface area contributed by atoms with Crippen molar-refractivity contribution in [2.24, 2.45) is 0 Å². The minimum Gasteiger partial charge on any atom is -0.418 e. The lowest BCUT2D eigenvalue weighted by Crippen LogP contribution is -2.25. The van der Waals surface area contributed by atoms with Crippen LogP contribution in [0.4, 0.5) is 0 Å². The van der Waals surface area contributed by atoms with Gasteiger partial charge < -0.3 is 4.43 Å². The van der Waals surface area contributed by atoms with Crippen LogP contribution in [0, 0.1) is 41.5 Å². The van der Waals surface area contributed by atoms with E-state index in [1.54, 1.807) is 24.4 Å². The second-order valence-corrected chi connectivity index (χ2v) is 19.1. The first-order valence-electron chi connectivity index (χ1n) is 11.6. The molecule has 0 aromatic heterocycles. The van der Waals surface area contributed by atoms with Gasteiger partial charge in [-0.05, 0) is 114 Å². The molecule has 2 unspecified atom stereocenters. The fraction of sp³-hybridized carbons (Fsp3) is 0.519. The van der Waals surface area contributed by atoms with Crippen molar-refractivity contribution < 1.29 is 4.43 Å². The lowest BCUT2D eigenvalue weighted by atomic mass is 10.0. The summed E-state index contributed by atoms with van der Waals surface area (Å²) in [5.74, 6) is 0. The summed E-state index contributed by atoms with van der Waals surface area (Å²) in [7, 11) is -0.00530. The molecule has 168 valence electrons. The van der Waals surface area contributed by atoms with Crippen molar-refractivity contribution >= 4 is 29.5 Å². The van der Waals surface area contributed by atoms with Gasteiger partial charge in [-0.25, -0.2) is 0 Å². The van der Waals surface area contributed by atoms with E-state index in [4.69, 9.17) is 4.43 Å². The summed E-state index contributed by atoms with van der Waals surface area (Å²) in [5.41, 5.74) is 11.9. The van der Waals surface area contributed by atoms with Crippen molar-refractivity contribution in [3.05, 3.63) is 68.8 Å². The first-order chi connectivity index (χ1) is 14.5. The Morgan fingerprint density at radius 3 is 1.84 bits per heavy atom. The van der Waals surface area contributed by atoms with Gasteiger partial charge in [0.15, 0.2) is 8.32 Å². The molecule has 0 spiro atoms. The average Bonchev–Trinajstić information content (AvgIpc) is 2.60. The summed E-state index contributed by atoms with van der Waals surface area (Å²) in [5, 5.41) is 2.43. The minimum atomic E-state index is -1.40. The van der Waals surface area contributed by atoms with Gasteiger partial charge in [-0.3, -0.25) is 0 Å². The Morgan fingerprint density at radius 1 is 0.806 bits per heavy atom. The van der Waals surface area contributed by atoms with Gasteiger partial charge in [0, 0.05) is 11.6 Å². The fourth-order valence-electron chi connectivity index (χ4n) is 4.87. The van der Waals surface area contributed by atoms with Crippen molar-refractivity contribution in [2.45, 2.75) is 79.4 Å². The summed E-state index contributed by atoms with van der Waals surface area (Å²) in [6.45, 7) is 21.5. The number of rotatable bonds is 8. The molecule has 4 heteroatoms. The van der Waals surface area contributed by atoms with Crippen LogP contribution in [0.2, 0.25) is 19.6 Å². The molecule has 0 aliphatic carbocycles. The van der Waals surface area contributed by atoms with Gasteiger partial charge in [0.2, 0.25) is 0 Å². The topological polar surface area (TPSA) is 9.23 Å². The highest BCUT2D eigenvalue weighted by molar-refractivity contribution is 7.98. The van der Waals surface area contributed by atoms with E-state index >= 15 is 0 Å². The molecule has 1 aliphatic rings. The molecule has 0 amide bonds. The van der Waals surface area contributed by atoms with Crippen LogP contribution < -0.4 is 0 Å². The van der Waals surface area contributed by atoms with E-state index in [-0.39, 0.29) is 7.92 Å². The lowest BCUT2D eigenvalue weighted by Gasteiger charge is -2.39. The van der Waals surface area contributed by atoms with Gasteiger partial charge in [0.05, 0.1) is 5.40 Å². The molecular formula is C27H40OP2Si. The fourth-order valence-corrected chi connectivity index (χ4v) is 11.8. The summed E-state index contributed by atoms with van der Waals surface area (Å²) in [6, 6.07) is 9.51. The molecule has 31 heavy (non-hydrogen) atoms. The van der Waals surface area contributed by atoms with Crippen LogP contribution in [-0.4, -0.2) is 26.1 Å². The molecule has 2 aromatic carbocycles. The number of aryl methyl sites for hydroxylation is 6. The van der Waals surface area contributed by atoms with Gasteiger partial charge in [-0.2, -0.15) is 0 Å². The van der Waals surface area contributed by atoms with Gasteiger partial charge in [-0.1, -0.05) is 51.5 Å². The Morgan fingerprint density at radius 2 is 1.32 bits per heavy atom. The monoisotopic (exact) mass is 470 g/mol. The Bertz CT molecular complexity index is 941. The summed E-state index contributed by atoms with van der Waals surface area (Å²) in [4.78, 5) is 0. The van der Waals surface area contributed by atoms with Gasteiger partial charge in [-0.15, -0.1) is 0 Å². The Balaban J connectivity index is 1.88. The largest absolute Gasteiger partial charge is 0.418 e. The maximum absolute atomic E-state index is 6.13. The Kier molecular flexibility index (Phi) is 8.02. The summed E-state index contributed by atoms with van der Waals surface area (Å²) in [6.07, 6.45) is 3.80. The smallest absolute Gasteiger partial charge is 0.183 e. The highest BCUT2D eigenvalue weighted by Gasteiger charge is 2.37. The molecule has 0 saturated heterocycles. The number of hydrogen-bond acceptors (Lipinski definition) is 1. The third kappa shape index (κ3) is 5.97. The van der Waals surface area contributed by atoms with E-state index in [9.17, 15) is 0 Å². The van der Waals surface area contributed by atoms with Gasteiger partial charge in [0.1, 0.15) is 0 Å². The molecule has 0 radical (unpaired) electrons. The van der Waals surface area contributed by atoms with E-state index in [1.165, 1.54) is 52.4 Å². The molecule has 3 rings (SSSR count). The highest BCUT2D eigenvalue weighted by atomic mass is 31.2. The third-order valence-electron chi connectivity index (χ3n) is 6.04. The molecular weight excluding hydrogens is 430 g/mol. The second kappa shape index (κ2) is 10.0. The van der Waals surface area contributed by atoms with E-state index < -0.39 is 8.32 Å². The SMILES string of the molecule is Cc1cc(C)c(C2=PC(c3c(C)cc(C)cc3C)P2CCCCO[Si](C)(C)C)c(C)c1. The van der Waals surface area contributed by atoms with Crippen molar-refractivity contribution in [2.75, 3.05) is 12.8 Å². The zero-order valence-corrected chi connectivity index (χ0v) is 23.8. The quantitative estimate of drug-likeness (QED) is 0.213. The predicted octanol–water partition coefficient (Wildman–Crippen LogP) is 8.79. The molecule has 0 bridgehead atoms. The Hall–Kier alpha value is -0.783. The normalized spacial score (nSPS) is 19.2. The minimum absolute atomic E-state index is 0.146. The maximum Gasteiger partial charge on any atom is 0.183 e. The molecule has 0 fully saturated rings. The maximum atomic E-state index is 6.13. The van der Waals surface area contributed by atoms with Crippen LogP contribution in [0.3, 0.4) is 0 Å². The van der Waals surface area contributed by atoms with Crippen LogP contribution in [-0.2, 0) is 4.43 Å². The number of unbranched alkanes of at least 4 members (excludes halogenated alkanes) is 1. The van der Waals surface area contributed by atoms with Crippen LogP contribution >= 0.6 is 16.1 Å². The zero-order chi connectivity index (χ0) is 22.9. The molecule has 0 N–H and O–H groups in total. The standard InChI is InChI=1S/C27H40OP2Si/c1-18-14-20(3)24(21(4)15-18)26-29-27(25-22(5)16-19(2)17-23(25)6)30(26)13-11-10-12-28-31(7,8)9/h14-17,26H,10-13H2,1-9H3. The van der Waals surface area contributed by atoms with Gasteiger partial charge in [0.25, 0.3) is 0 Å². The third-order valence-corrected chi connectivity index (χ3v) is 12.8. The van der Waals surface area contributed by atoms with E-state index in [0.29, 0.717) is 5.40 Å². The van der Waals surface area contributed by atoms with E-state index in [0.717, 1.165) is 6.61 Å². The van der Waals surface area contributed by atoms with Crippen LogP contribution in [0.1, 0.15) is 62.7 Å². The lowest BCUT2D eigenvalue weighted by molar-refractivity contribution is 0.303. The van der Waals surface area contributed by atoms with Crippen molar-refractivity contribution in [1.29, 1.82) is 0 Å². The van der Waals surface area contributed by atoms with Crippen LogP contribution in [0.15, 0.2) is 24.3 Å². The molecule has 2 aromatic rings. The van der Waals surface area contributed by atoms with Crippen LogP contribution in [0.5, 0.6) is 0 Å². The first kappa shape index (κ1) is 24.9. The van der Waals surface area contributed by atoms with Gasteiger partial charge >= 0.3 is 0 Å². The second-order valence-electron chi connectivity index (χ2n) is 10.3.